The summed E-state index contributed by atoms with van der Waals surface area (Å²) < 4.78 is 5.01. The van der Waals surface area contributed by atoms with Gasteiger partial charge in [-0.05, 0) is 17.2 Å². The molecule has 0 unspecified atom stereocenters. The first-order chi connectivity index (χ1) is 8.27. The van der Waals surface area contributed by atoms with Gasteiger partial charge in [0.1, 0.15) is 6.61 Å². The Hall–Kier alpha value is -2.16. The van der Waals surface area contributed by atoms with Crippen LogP contribution in [-0.4, -0.2) is 11.0 Å². The van der Waals surface area contributed by atoms with E-state index in [-0.39, 0.29) is 12.6 Å². The molecule has 0 fully saturated rings. The Labute approximate surface area is 100 Å². The van der Waals surface area contributed by atoms with Crippen molar-refractivity contribution in [3.8, 4) is 11.1 Å². The highest BCUT2D eigenvalue weighted by Gasteiger charge is 2.05. The molecule has 86 valence electrons. The number of benzene rings is 1. The second kappa shape index (κ2) is 5.25. The SMILES string of the molecule is CC(=O)OCc1cnccc1-c1ccccc1. The van der Waals surface area contributed by atoms with Gasteiger partial charge in [-0.25, -0.2) is 0 Å². The average molecular weight is 227 g/mol. The highest BCUT2D eigenvalue weighted by Crippen LogP contribution is 2.22. The molecule has 2 rings (SSSR count). The molecule has 0 saturated heterocycles. The summed E-state index contributed by atoms with van der Waals surface area (Å²) in [5, 5.41) is 0. The number of hydrogen-bond acceptors (Lipinski definition) is 3. The van der Waals surface area contributed by atoms with Crippen molar-refractivity contribution in [2.24, 2.45) is 0 Å². The lowest BCUT2D eigenvalue weighted by Gasteiger charge is -2.08. The summed E-state index contributed by atoms with van der Waals surface area (Å²) in [6.07, 6.45) is 3.46. The second-order valence-corrected chi connectivity index (χ2v) is 3.68. The third kappa shape index (κ3) is 2.91. The van der Waals surface area contributed by atoms with Gasteiger partial charge in [-0.1, -0.05) is 30.3 Å². The van der Waals surface area contributed by atoms with Crippen molar-refractivity contribution >= 4 is 5.97 Å². The zero-order chi connectivity index (χ0) is 12.1. The predicted molar refractivity (Wildman–Crippen MR) is 65.1 cm³/mol. The summed E-state index contributed by atoms with van der Waals surface area (Å²) in [6.45, 7) is 1.66. The van der Waals surface area contributed by atoms with Crippen molar-refractivity contribution in [1.82, 2.24) is 4.98 Å². The van der Waals surface area contributed by atoms with Crippen molar-refractivity contribution in [3.63, 3.8) is 0 Å². The topological polar surface area (TPSA) is 39.2 Å². The molecular weight excluding hydrogens is 214 g/mol. The second-order valence-electron chi connectivity index (χ2n) is 3.68. The van der Waals surface area contributed by atoms with Crippen LogP contribution in [0.25, 0.3) is 11.1 Å². The average Bonchev–Trinajstić information content (AvgIpc) is 2.38. The number of pyridine rings is 1. The molecule has 3 nitrogen and oxygen atoms in total. The molecule has 0 aliphatic heterocycles. The Morgan fingerprint density at radius 3 is 2.71 bits per heavy atom. The first kappa shape index (κ1) is 11.3. The highest BCUT2D eigenvalue weighted by molar-refractivity contribution is 5.68. The lowest BCUT2D eigenvalue weighted by atomic mass is 10.0. The Bertz CT molecular complexity index is 509. The molecule has 1 heterocycles. The van der Waals surface area contributed by atoms with Crippen molar-refractivity contribution in [2.45, 2.75) is 13.5 Å². The smallest absolute Gasteiger partial charge is 0.302 e. The van der Waals surface area contributed by atoms with Gasteiger partial charge in [-0.3, -0.25) is 9.78 Å². The van der Waals surface area contributed by atoms with Crippen LogP contribution in [0.1, 0.15) is 12.5 Å². The summed E-state index contributed by atoms with van der Waals surface area (Å²) in [7, 11) is 0. The van der Waals surface area contributed by atoms with Crippen LogP contribution in [0.5, 0.6) is 0 Å². The van der Waals surface area contributed by atoms with Gasteiger partial charge in [-0.2, -0.15) is 0 Å². The van der Waals surface area contributed by atoms with Crippen LogP contribution in [0.15, 0.2) is 48.8 Å². The Balaban J connectivity index is 2.31. The molecule has 0 radical (unpaired) electrons. The van der Waals surface area contributed by atoms with Crippen LogP contribution in [0.3, 0.4) is 0 Å². The monoisotopic (exact) mass is 227 g/mol. The molecule has 0 amide bonds. The third-order valence-electron chi connectivity index (χ3n) is 2.42. The molecule has 0 bridgehead atoms. The molecule has 0 aliphatic rings. The number of ether oxygens (including phenoxy) is 1. The van der Waals surface area contributed by atoms with E-state index < -0.39 is 0 Å². The van der Waals surface area contributed by atoms with Gasteiger partial charge in [0.15, 0.2) is 0 Å². The van der Waals surface area contributed by atoms with Gasteiger partial charge < -0.3 is 4.74 Å². The van der Waals surface area contributed by atoms with E-state index in [4.69, 9.17) is 4.74 Å². The minimum atomic E-state index is -0.284. The Morgan fingerprint density at radius 2 is 2.00 bits per heavy atom. The molecule has 0 atom stereocenters. The maximum atomic E-state index is 10.8. The minimum Gasteiger partial charge on any atom is -0.461 e. The van der Waals surface area contributed by atoms with Gasteiger partial charge >= 0.3 is 5.97 Å². The maximum absolute atomic E-state index is 10.8. The van der Waals surface area contributed by atoms with E-state index >= 15 is 0 Å². The van der Waals surface area contributed by atoms with Crippen molar-refractivity contribution in [2.75, 3.05) is 0 Å². The molecule has 0 N–H and O–H groups in total. The molecule has 0 saturated carbocycles. The molecule has 17 heavy (non-hydrogen) atoms. The molecule has 2 aromatic rings. The van der Waals surface area contributed by atoms with Crippen LogP contribution in [0, 0.1) is 0 Å². The van der Waals surface area contributed by atoms with Crippen LogP contribution in [0.4, 0.5) is 0 Å². The molecular formula is C14H13NO2. The summed E-state index contributed by atoms with van der Waals surface area (Å²) in [5.41, 5.74) is 3.05. The first-order valence-electron chi connectivity index (χ1n) is 5.39. The number of rotatable bonds is 3. The van der Waals surface area contributed by atoms with Crippen molar-refractivity contribution in [3.05, 3.63) is 54.4 Å². The van der Waals surface area contributed by atoms with Crippen LogP contribution in [0.2, 0.25) is 0 Å². The van der Waals surface area contributed by atoms with Crippen LogP contribution >= 0.6 is 0 Å². The van der Waals surface area contributed by atoms with Crippen LogP contribution in [-0.2, 0) is 16.1 Å². The largest absolute Gasteiger partial charge is 0.461 e. The number of carbonyl (C=O) groups is 1. The van der Waals surface area contributed by atoms with Gasteiger partial charge in [0.05, 0.1) is 0 Å². The first-order valence-corrected chi connectivity index (χ1v) is 5.39. The summed E-state index contributed by atoms with van der Waals surface area (Å²) in [4.78, 5) is 14.9. The van der Waals surface area contributed by atoms with E-state index in [9.17, 15) is 4.79 Å². The standard InChI is InChI=1S/C14H13NO2/c1-11(16)17-10-13-9-15-8-7-14(13)12-5-3-2-4-6-12/h2-9H,10H2,1H3. The van der Waals surface area contributed by atoms with Gasteiger partial charge in [0.2, 0.25) is 0 Å². The summed E-state index contributed by atoms with van der Waals surface area (Å²) >= 11 is 0. The molecule has 0 aliphatic carbocycles. The number of nitrogens with zero attached hydrogens (tertiary/aromatic N) is 1. The Kier molecular flexibility index (Phi) is 3.50. The van der Waals surface area contributed by atoms with Crippen molar-refractivity contribution < 1.29 is 9.53 Å². The number of hydrogen-bond donors (Lipinski definition) is 0. The summed E-state index contributed by atoms with van der Waals surface area (Å²) in [5.74, 6) is -0.284. The third-order valence-corrected chi connectivity index (χ3v) is 2.42. The number of aromatic nitrogens is 1. The molecule has 1 aromatic heterocycles. The normalized spacial score (nSPS) is 9.94. The van der Waals surface area contributed by atoms with Crippen LogP contribution < -0.4 is 0 Å². The van der Waals surface area contributed by atoms with Gasteiger partial charge in [0, 0.05) is 24.9 Å². The molecule has 0 spiro atoms. The quantitative estimate of drug-likeness (QED) is 0.757. The number of carbonyl (C=O) groups excluding carboxylic acids is 1. The van der Waals surface area contributed by atoms with E-state index in [0.717, 1.165) is 16.7 Å². The van der Waals surface area contributed by atoms with Crippen molar-refractivity contribution in [1.29, 1.82) is 0 Å². The van der Waals surface area contributed by atoms with E-state index in [0.29, 0.717) is 0 Å². The zero-order valence-electron chi connectivity index (χ0n) is 9.59. The van der Waals surface area contributed by atoms with E-state index in [1.165, 1.54) is 6.92 Å². The minimum absolute atomic E-state index is 0.257. The van der Waals surface area contributed by atoms with Gasteiger partial charge in [-0.15, -0.1) is 0 Å². The number of esters is 1. The fraction of sp³-hybridized carbons (Fsp3) is 0.143. The van der Waals surface area contributed by atoms with Gasteiger partial charge in [0.25, 0.3) is 0 Å². The summed E-state index contributed by atoms with van der Waals surface area (Å²) in [6, 6.07) is 11.9. The van der Waals surface area contributed by atoms with E-state index in [2.05, 4.69) is 4.98 Å². The lowest BCUT2D eigenvalue weighted by molar-refractivity contribution is -0.142. The predicted octanol–water partition coefficient (Wildman–Crippen LogP) is 2.81. The fourth-order valence-electron chi connectivity index (χ4n) is 1.62. The maximum Gasteiger partial charge on any atom is 0.302 e. The lowest BCUT2D eigenvalue weighted by Crippen LogP contribution is -2.00. The zero-order valence-corrected chi connectivity index (χ0v) is 9.59. The molecule has 1 aromatic carbocycles. The fourth-order valence-corrected chi connectivity index (χ4v) is 1.62. The highest BCUT2D eigenvalue weighted by atomic mass is 16.5. The van der Waals surface area contributed by atoms with E-state index in [1.54, 1.807) is 12.4 Å². The van der Waals surface area contributed by atoms with E-state index in [1.807, 2.05) is 36.4 Å². The Morgan fingerprint density at radius 1 is 1.24 bits per heavy atom. The molecule has 3 heteroatoms.